The Morgan fingerprint density at radius 3 is 2.40 bits per heavy atom. The molecule has 0 radical (unpaired) electrons. The van der Waals surface area contributed by atoms with Gasteiger partial charge in [0.15, 0.2) is 0 Å². The predicted octanol–water partition coefficient (Wildman–Crippen LogP) is 4.10. The first kappa shape index (κ1) is 18.9. The van der Waals surface area contributed by atoms with Crippen LogP contribution in [0.1, 0.15) is 50.6 Å². The average molecular weight is 344 g/mol. The van der Waals surface area contributed by atoms with Crippen LogP contribution < -0.4 is 10.1 Å². The van der Waals surface area contributed by atoms with Crippen molar-refractivity contribution in [3.8, 4) is 5.75 Å². The molecule has 4 nitrogen and oxygen atoms in total. The number of carbonyl (C=O) groups excluding carboxylic acids is 1. The molecule has 25 heavy (non-hydrogen) atoms. The molecular formula is C20H25FN2O2. The number of rotatable bonds is 6. The van der Waals surface area contributed by atoms with Gasteiger partial charge in [-0.15, -0.1) is 0 Å². The lowest BCUT2D eigenvalue weighted by atomic mass is 9.86. The first-order valence-electron chi connectivity index (χ1n) is 8.33. The molecule has 1 N–H and O–H groups in total. The summed E-state index contributed by atoms with van der Waals surface area (Å²) in [5, 5.41) is 2.92. The Kier molecular flexibility index (Phi) is 6.12. The van der Waals surface area contributed by atoms with Crippen LogP contribution in [0.15, 0.2) is 42.6 Å². The molecule has 0 saturated heterocycles. The SMILES string of the molecule is C[C@@H](NC(=O)Cc1ccc(C(C)(C)C)cc1)c1ccc(OCF)cn1. The molecule has 5 heteroatoms. The van der Waals surface area contributed by atoms with Gasteiger partial charge < -0.3 is 10.1 Å². The molecule has 2 rings (SSSR count). The highest BCUT2D eigenvalue weighted by Crippen LogP contribution is 2.22. The highest BCUT2D eigenvalue weighted by molar-refractivity contribution is 5.78. The predicted molar refractivity (Wildman–Crippen MR) is 96.2 cm³/mol. The fraction of sp³-hybridized carbons (Fsp3) is 0.400. The minimum atomic E-state index is -0.888. The van der Waals surface area contributed by atoms with Crippen LogP contribution in [-0.2, 0) is 16.6 Å². The van der Waals surface area contributed by atoms with E-state index >= 15 is 0 Å². The van der Waals surface area contributed by atoms with Gasteiger partial charge in [0.25, 0.3) is 0 Å². The zero-order valence-corrected chi connectivity index (χ0v) is 15.2. The summed E-state index contributed by atoms with van der Waals surface area (Å²) in [6, 6.07) is 11.2. The van der Waals surface area contributed by atoms with E-state index in [1.807, 2.05) is 19.1 Å². The Morgan fingerprint density at radius 2 is 1.88 bits per heavy atom. The van der Waals surface area contributed by atoms with Crippen molar-refractivity contribution in [2.45, 2.75) is 45.6 Å². The van der Waals surface area contributed by atoms with Gasteiger partial charge in [-0.3, -0.25) is 9.78 Å². The second-order valence-corrected chi connectivity index (χ2v) is 7.09. The lowest BCUT2D eigenvalue weighted by molar-refractivity contribution is -0.121. The first-order chi connectivity index (χ1) is 11.8. The number of nitrogens with one attached hydrogen (secondary N) is 1. The van der Waals surface area contributed by atoms with Crippen LogP contribution in [0, 0.1) is 0 Å². The summed E-state index contributed by atoms with van der Waals surface area (Å²) in [7, 11) is 0. The monoisotopic (exact) mass is 344 g/mol. The molecule has 0 aliphatic carbocycles. The molecule has 2 aromatic rings. The Balaban J connectivity index is 1.92. The lowest BCUT2D eigenvalue weighted by Gasteiger charge is -2.19. The largest absolute Gasteiger partial charge is 0.461 e. The summed E-state index contributed by atoms with van der Waals surface area (Å²) in [6.45, 7) is 7.45. The van der Waals surface area contributed by atoms with Crippen LogP contribution in [0.3, 0.4) is 0 Å². The molecule has 1 atom stereocenters. The van der Waals surface area contributed by atoms with E-state index in [2.05, 4.69) is 43.2 Å². The minimum Gasteiger partial charge on any atom is -0.461 e. The number of alkyl halides is 1. The molecule has 1 heterocycles. The summed E-state index contributed by atoms with van der Waals surface area (Å²) in [5.74, 6) is 0.297. The standard InChI is InChI=1S/C20H25FN2O2/c1-14(18-10-9-17(12-22-18)25-13-21)23-19(24)11-15-5-7-16(8-6-15)20(2,3)4/h5-10,12,14H,11,13H2,1-4H3,(H,23,24)/t14-/m1/s1. The van der Waals surface area contributed by atoms with Crippen molar-refractivity contribution in [1.29, 1.82) is 0 Å². The second-order valence-electron chi connectivity index (χ2n) is 7.09. The number of halogens is 1. The normalized spacial score (nSPS) is 12.5. The van der Waals surface area contributed by atoms with Gasteiger partial charge >= 0.3 is 0 Å². The Morgan fingerprint density at radius 1 is 1.20 bits per heavy atom. The number of ether oxygens (including phenoxy) is 1. The molecule has 0 unspecified atom stereocenters. The van der Waals surface area contributed by atoms with Crippen molar-refractivity contribution < 1.29 is 13.9 Å². The molecular weight excluding hydrogens is 319 g/mol. The number of benzene rings is 1. The van der Waals surface area contributed by atoms with Crippen molar-refractivity contribution in [1.82, 2.24) is 10.3 Å². The highest BCUT2D eigenvalue weighted by Gasteiger charge is 2.14. The van der Waals surface area contributed by atoms with Crippen molar-refractivity contribution in [3.05, 3.63) is 59.4 Å². The molecule has 134 valence electrons. The van der Waals surface area contributed by atoms with Crippen LogP contribution in [0.5, 0.6) is 5.75 Å². The van der Waals surface area contributed by atoms with Gasteiger partial charge in [-0.25, -0.2) is 4.39 Å². The summed E-state index contributed by atoms with van der Waals surface area (Å²) < 4.78 is 16.8. The quantitative estimate of drug-likeness (QED) is 0.858. The van der Waals surface area contributed by atoms with E-state index in [1.165, 1.54) is 11.8 Å². The van der Waals surface area contributed by atoms with Gasteiger partial charge in [-0.1, -0.05) is 45.0 Å². The van der Waals surface area contributed by atoms with Crippen LogP contribution >= 0.6 is 0 Å². The summed E-state index contributed by atoms with van der Waals surface area (Å²) in [5.41, 5.74) is 3.00. The number of nitrogens with zero attached hydrogens (tertiary/aromatic N) is 1. The maximum absolute atomic E-state index is 12.2. The molecule has 0 aliphatic heterocycles. The molecule has 0 saturated carbocycles. The van der Waals surface area contributed by atoms with Gasteiger partial charge in [0.1, 0.15) is 5.75 Å². The third-order valence-electron chi connectivity index (χ3n) is 3.99. The zero-order chi connectivity index (χ0) is 18.4. The Labute approximate surface area is 148 Å². The number of aromatic nitrogens is 1. The highest BCUT2D eigenvalue weighted by atomic mass is 19.1. The molecule has 1 aromatic carbocycles. The van der Waals surface area contributed by atoms with E-state index in [0.717, 1.165) is 5.56 Å². The van der Waals surface area contributed by atoms with Crippen molar-refractivity contribution in [2.24, 2.45) is 0 Å². The third-order valence-corrected chi connectivity index (χ3v) is 3.99. The second kappa shape index (κ2) is 8.10. The average Bonchev–Trinajstić information content (AvgIpc) is 2.55. The van der Waals surface area contributed by atoms with Crippen LogP contribution in [-0.4, -0.2) is 17.8 Å². The van der Waals surface area contributed by atoms with Gasteiger partial charge in [0.05, 0.1) is 24.4 Å². The van der Waals surface area contributed by atoms with Crippen molar-refractivity contribution in [2.75, 3.05) is 6.86 Å². The van der Waals surface area contributed by atoms with Gasteiger partial charge in [-0.2, -0.15) is 0 Å². The van der Waals surface area contributed by atoms with E-state index in [0.29, 0.717) is 17.9 Å². The molecule has 0 fully saturated rings. The number of carbonyl (C=O) groups is 1. The smallest absolute Gasteiger partial charge is 0.228 e. The maximum atomic E-state index is 12.2. The third kappa shape index (κ3) is 5.55. The van der Waals surface area contributed by atoms with Gasteiger partial charge in [-0.05, 0) is 35.6 Å². The van der Waals surface area contributed by atoms with E-state index in [-0.39, 0.29) is 17.4 Å². The summed E-state index contributed by atoms with van der Waals surface area (Å²) in [6.07, 6.45) is 1.76. The number of hydrogen-bond acceptors (Lipinski definition) is 3. The lowest BCUT2D eigenvalue weighted by Crippen LogP contribution is -2.28. The van der Waals surface area contributed by atoms with Crippen LogP contribution in [0.2, 0.25) is 0 Å². The van der Waals surface area contributed by atoms with Gasteiger partial charge in [0, 0.05) is 0 Å². The maximum Gasteiger partial charge on any atom is 0.228 e. The molecule has 0 aliphatic rings. The fourth-order valence-corrected chi connectivity index (χ4v) is 2.47. The van der Waals surface area contributed by atoms with Crippen LogP contribution in [0.25, 0.3) is 0 Å². The number of amides is 1. The van der Waals surface area contributed by atoms with Crippen molar-refractivity contribution in [3.63, 3.8) is 0 Å². The first-order valence-corrected chi connectivity index (χ1v) is 8.33. The summed E-state index contributed by atoms with van der Waals surface area (Å²) in [4.78, 5) is 16.4. The van der Waals surface area contributed by atoms with Crippen LogP contribution in [0.4, 0.5) is 4.39 Å². The molecule has 1 aromatic heterocycles. The molecule has 0 bridgehead atoms. The Hall–Kier alpha value is -2.43. The molecule has 0 spiro atoms. The Bertz CT molecular complexity index is 691. The van der Waals surface area contributed by atoms with E-state index in [9.17, 15) is 9.18 Å². The fourth-order valence-electron chi connectivity index (χ4n) is 2.47. The topological polar surface area (TPSA) is 51.2 Å². The minimum absolute atomic E-state index is 0.0677. The van der Waals surface area contributed by atoms with Gasteiger partial charge in [0.2, 0.25) is 12.8 Å². The number of hydrogen-bond donors (Lipinski definition) is 1. The zero-order valence-electron chi connectivity index (χ0n) is 15.2. The summed E-state index contributed by atoms with van der Waals surface area (Å²) >= 11 is 0. The molecule has 1 amide bonds. The van der Waals surface area contributed by atoms with Crippen molar-refractivity contribution >= 4 is 5.91 Å². The van der Waals surface area contributed by atoms with E-state index in [4.69, 9.17) is 4.74 Å². The number of pyridine rings is 1. The van der Waals surface area contributed by atoms with E-state index < -0.39 is 6.86 Å². The van der Waals surface area contributed by atoms with E-state index in [1.54, 1.807) is 12.1 Å².